The monoisotopic (exact) mass is 238 g/mol. The topological polar surface area (TPSA) is 23.8 Å². The van der Waals surface area contributed by atoms with Crippen molar-refractivity contribution in [3.63, 3.8) is 0 Å². The Kier molecular flexibility index (Phi) is 13.5. The first-order valence-corrected chi connectivity index (χ1v) is 7.67. The average Bonchev–Trinajstić information content (AvgIpc) is 2.32. The van der Waals surface area contributed by atoms with Crippen LogP contribution >= 0.6 is 0 Å². The second-order valence-corrected chi connectivity index (χ2v) is 5.09. The summed E-state index contributed by atoms with van der Waals surface area (Å²) < 4.78 is 0. The highest BCUT2D eigenvalue weighted by Crippen LogP contribution is 2.08. The number of unbranched alkanes of at least 4 members (excludes halogenated alkanes) is 6. The van der Waals surface area contributed by atoms with Crippen molar-refractivity contribution in [1.29, 1.82) is 0 Å². The quantitative estimate of drug-likeness (QED) is 0.315. The zero-order chi connectivity index (χ0) is 12.8. The molecule has 101 valence electrons. The second-order valence-electron chi connectivity index (χ2n) is 5.09. The van der Waals surface area contributed by atoms with Crippen LogP contribution in [0.2, 0.25) is 0 Å². The lowest BCUT2D eigenvalue weighted by Crippen LogP contribution is -2.07. The van der Waals surface area contributed by atoms with E-state index >= 15 is 0 Å². The van der Waals surface area contributed by atoms with Crippen molar-refractivity contribution in [2.24, 2.45) is 0 Å². The van der Waals surface area contributed by atoms with Crippen molar-refractivity contribution in [2.45, 2.75) is 90.5 Å². The molecule has 0 aromatic rings. The summed E-state index contributed by atoms with van der Waals surface area (Å²) in [4.78, 5) is 0. The van der Waals surface area contributed by atoms with E-state index in [2.05, 4.69) is 26.0 Å². The van der Waals surface area contributed by atoms with Gasteiger partial charge in [-0.1, -0.05) is 58.1 Å². The van der Waals surface area contributed by atoms with Crippen molar-refractivity contribution < 1.29 is 0 Å². The molecule has 0 aromatic heterocycles. The second kappa shape index (κ2) is 13.8. The van der Waals surface area contributed by atoms with Gasteiger partial charge in [-0.2, -0.15) is 0 Å². The lowest BCUT2D eigenvalue weighted by Gasteiger charge is -2.07. The normalized spacial score (nSPS) is 13.4. The van der Waals surface area contributed by atoms with Crippen LogP contribution in [-0.4, -0.2) is 6.04 Å². The summed E-state index contributed by atoms with van der Waals surface area (Å²) >= 11 is 0. The fourth-order valence-electron chi connectivity index (χ4n) is 2.07. The third-order valence-corrected chi connectivity index (χ3v) is 3.20. The third kappa shape index (κ3) is 13.6. The minimum absolute atomic E-state index is 0.193. The lowest BCUT2D eigenvalue weighted by molar-refractivity contribution is 0.516. The first kappa shape index (κ1) is 16.7. The van der Waals surface area contributed by atoms with Gasteiger partial charge in [0.25, 0.3) is 0 Å². The van der Waals surface area contributed by atoms with Crippen molar-refractivity contribution in [1.82, 2.24) is 5.73 Å². The van der Waals surface area contributed by atoms with Crippen molar-refractivity contribution in [2.75, 3.05) is 0 Å². The maximum atomic E-state index is 7.76. The van der Waals surface area contributed by atoms with E-state index in [1.165, 1.54) is 51.4 Å². The van der Waals surface area contributed by atoms with Crippen molar-refractivity contribution in [3.05, 3.63) is 12.2 Å². The molecular weight excluding hydrogens is 206 g/mol. The van der Waals surface area contributed by atoms with Crippen LogP contribution in [-0.2, 0) is 0 Å². The van der Waals surface area contributed by atoms with Crippen molar-refractivity contribution in [3.8, 4) is 0 Å². The molecule has 0 spiro atoms. The van der Waals surface area contributed by atoms with Gasteiger partial charge < -0.3 is 0 Å². The molecule has 1 N–H and O–H groups in total. The summed E-state index contributed by atoms with van der Waals surface area (Å²) in [7, 11) is 0. The molecular formula is C16H32N. The molecule has 0 aliphatic heterocycles. The van der Waals surface area contributed by atoms with Crippen LogP contribution in [0.5, 0.6) is 0 Å². The van der Waals surface area contributed by atoms with Crippen LogP contribution in [0.15, 0.2) is 12.2 Å². The molecule has 1 unspecified atom stereocenters. The Morgan fingerprint density at radius 1 is 0.765 bits per heavy atom. The zero-order valence-corrected chi connectivity index (χ0v) is 12.0. The van der Waals surface area contributed by atoms with Crippen LogP contribution in [0.3, 0.4) is 0 Å². The summed E-state index contributed by atoms with van der Waals surface area (Å²) in [6.07, 6.45) is 18.4. The molecule has 1 radical (unpaired) electrons. The Balaban J connectivity index is 3.13. The summed E-state index contributed by atoms with van der Waals surface area (Å²) in [6.45, 7) is 4.43. The van der Waals surface area contributed by atoms with E-state index in [0.717, 1.165) is 19.3 Å². The molecule has 0 saturated carbocycles. The highest BCUT2D eigenvalue weighted by atomic mass is 14.6. The molecule has 1 nitrogen and oxygen atoms in total. The number of nitrogens with one attached hydrogen (secondary N) is 1. The predicted octanol–water partition coefficient (Wildman–Crippen LogP) is 5.53. The molecule has 0 rings (SSSR count). The Morgan fingerprint density at radius 2 is 1.41 bits per heavy atom. The molecule has 0 bridgehead atoms. The van der Waals surface area contributed by atoms with Gasteiger partial charge in [-0.05, 0) is 38.5 Å². The SMILES string of the molecule is CCCCCC/C=C\CCCCC([NH])CCC. The maximum absolute atomic E-state index is 7.76. The summed E-state index contributed by atoms with van der Waals surface area (Å²) in [5, 5.41) is 0. The van der Waals surface area contributed by atoms with Gasteiger partial charge in [-0.3, -0.25) is 5.73 Å². The highest BCUT2D eigenvalue weighted by molar-refractivity contribution is 4.81. The van der Waals surface area contributed by atoms with E-state index in [4.69, 9.17) is 5.73 Å². The van der Waals surface area contributed by atoms with Gasteiger partial charge in [0, 0.05) is 6.04 Å². The Morgan fingerprint density at radius 3 is 2.00 bits per heavy atom. The summed E-state index contributed by atoms with van der Waals surface area (Å²) in [5.41, 5.74) is 7.76. The first-order valence-electron chi connectivity index (χ1n) is 7.67. The van der Waals surface area contributed by atoms with Gasteiger partial charge in [-0.25, -0.2) is 0 Å². The van der Waals surface area contributed by atoms with Gasteiger partial charge in [0.2, 0.25) is 0 Å². The summed E-state index contributed by atoms with van der Waals surface area (Å²) in [5.74, 6) is 0. The molecule has 0 saturated heterocycles. The van der Waals surface area contributed by atoms with E-state index in [1.807, 2.05) is 0 Å². The van der Waals surface area contributed by atoms with Gasteiger partial charge in [0.15, 0.2) is 0 Å². The minimum Gasteiger partial charge on any atom is -0.255 e. The molecule has 0 heterocycles. The molecule has 0 amide bonds. The van der Waals surface area contributed by atoms with E-state index in [0.29, 0.717) is 0 Å². The van der Waals surface area contributed by atoms with E-state index in [9.17, 15) is 0 Å². The van der Waals surface area contributed by atoms with Gasteiger partial charge in [-0.15, -0.1) is 0 Å². The predicted molar refractivity (Wildman–Crippen MR) is 78.2 cm³/mol. The molecule has 0 aromatic carbocycles. The van der Waals surface area contributed by atoms with Crippen LogP contribution < -0.4 is 5.73 Å². The number of hydrogen-bond acceptors (Lipinski definition) is 0. The molecule has 0 fully saturated rings. The molecule has 1 atom stereocenters. The van der Waals surface area contributed by atoms with E-state index in [-0.39, 0.29) is 6.04 Å². The van der Waals surface area contributed by atoms with Crippen LogP contribution in [0.4, 0.5) is 0 Å². The van der Waals surface area contributed by atoms with Gasteiger partial charge >= 0.3 is 0 Å². The standard InChI is InChI=1S/C16H32N/c1-3-5-6-7-8-9-10-11-12-13-15-16(17)14-4-2/h9-10,16-17H,3-8,11-15H2,1-2H3/b10-9-. The average molecular weight is 238 g/mol. The Labute approximate surface area is 109 Å². The van der Waals surface area contributed by atoms with Crippen LogP contribution in [0, 0.1) is 0 Å². The smallest absolute Gasteiger partial charge is 0.0212 e. The fraction of sp³-hybridized carbons (Fsp3) is 0.875. The van der Waals surface area contributed by atoms with Gasteiger partial charge in [0.05, 0.1) is 0 Å². The van der Waals surface area contributed by atoms with E-state index < -0.39 is 0 Å². The van der Waals surface area contributed by atoms with E-state index in [1.54, 1.807) is 0 Å². The van der Waals surface area contributed by atoms with Crippen LogP contribution in [0.1, 0.15) is 84.5 Å². The largest absolute Gasteiger partial charge is 0.255 e. The molecule has 0 aliphatic rings. The lowest BCUT2D eigenvalue weighted by atomic mass is 10.0. The first-order chi connectivity index (χ1) is 8.31. The summed E-state index contributed by atoms with van der Waals surface area (Å²) in [6, 6.07) is 0.193. The van der Waals surface area contributed by atoms with Crippen molar-refractivity contribution >= 4 is 0 Å². The van der Waals surface area contributed by atoms with Crippen LogP contribution in [0.25, 0.3) is 0 Å². The molecule has 1 heteroatoms. The third-order valence-electron chi connectivity index (χ3n) is 3.20. The van der Waals surface area contributed by atoms with Gasteiger partial charge in [0.1, 0.15) is 0 Å². The fourth-order valence-corrected chi connectivity index (χ4v) is 2.07. The number of hydrogen-bond donors (Lipinski definition) is 0. The maximum Gasteiger partial charge on any atom is 0.0212 e. The molecule has 17 heavy (non-hydrogen) atoms. The molecule has 0 aliphatic carbocycles. The number of allylic oxidation sites excluding steroid dienone is 2. The number of rotatable bonds is 12. The Bertz CT molecular complexity index is 163. The highest BCUT2D eigenvalue weighted by Gasteiger charge is 2.00. The minimum atomic E-state index is 0.193. The zero-order valence-electron chi connectivity index (χ0n) is 12.0. The Hall–Kier alpha value is -0.300.